The van der Waals surface area contributed by atoms with E-state index in [4.69, 9.17) is 17.3 Å². The Morgan fingerprint density at radius 1 is 1.27 bits per heavy atom. The van der Waals surface area contributed by atoms with E-state index in [1.54, 1.807) is 23.1 Å². The number of halogens is 1. The summed E-state index contributed by atoms with van der Waals surface area (Å²) in [4.78, 5) is 26.4. The van der Waals surface area contributed by atoms with E-state index in [1.807, 2.05) is 0 Å². The van der Waals surface area contributed by atoms with Crippen molar-refractivity contribution in [3.8, 4) is 0 Å². The first-order valence-corrected chi connectivity index (χ1v) is 9.82. The van der Waals surface area contributed by atoms with Crippen LogP contribution >= 0.6 is 11.6 Å². The maximum atomic E-state index is 12.9. The number of amides is 3. The molecule has 0 aromatic heterocycles. The molecule has 1 heterocycles. The van der Waals surface area contributed by atoms with E-state index < -0.39 is 0 Å². The van der Waals surface area contributed by atoms with Crippen LogP contribution < -0.4 is 21.3 Å². The maximum absolute atomic E-state index is 12.9. The highest BCUT2D eigenvalue weighted by atomic mass is 35.5. The second-order valence-electron chi connectivity index (χ2n) is 7.73. The van der Waals surface area contributed by atoms with Crippen LogP contribution in [0.2, 0.25) is 5.02 Å². The van der Waals surface area contributed by atoms with Crippen LogP contribution in [0.1, 0.15) is 42.5 Å². The van der Waals surface area contributed by atoms with Crippen molar-refractivity contribution in [2.45, 2.75) is 44.2 Å². The minimum Gasteiger partial charge on any atom is -0.349 e. The molecule has 3 fully saturated rings. The van der Waals surface area contributed by atoms with E-state index in [9.17, 15) is 9.59 Å². The molecule has 6 nitrogen and oxygen atoms in total. The Hall–Kier alpha value is -1.79. The van der Waals surface area contributed by atoms with Crippen molar-refractivity contribution in [2.24, 2.45) is 17.6 Å². The third-order valence-electron chi connectivity index (χ3n) is 6.03. The molecule has 1 aliphatic heterocycles. The molecule has 3 aliphatic rings. The summed E-state index contributed by atoms with van der Waals surface area (Å²) in [5.41, 5.74) is 7.30. The second kappa shape index (κ2) is 7.08. The fraction of sp³-hybridized carbons (Fsp3) is 0.579. The zero-order valence-corrected chi connectivity index (χ0v) is 15.5. The third-order valence-corrected chi connectivity index (χ3v) is 6.35. The van der Waals surface area contributed by atoms with Crippen molar-refractivity contribution in [3.63, 3.8) is 0 Å². The molecule has 2 aliphatic carbocycles. The Balaban J connectivity index is 1.52. The number of nitrogens with two attached hydrogens (primary N) is 1. The van der Waals surface area contributed by atoms with Crippen LogP contribution in [0.4, 0.5) is 10.5 Å². The molecule has 2 saturated carbocycles. The number of anilines is 1. The molecule has 1 aromatic rings. The molecule has 2 bridgehead atoms. The molecule has 2 atom stereocenters. The van der Waals surface area contributed by atoms with E-state index in [0.717, 1.165) is 25.7 Å². The predicted molar refractivity (Wildman–Crippen MR) is 101 cm³/mol. The third kappa shape index (κ3) is 3.28. The monoisotopic (exact) mass is 376 g/mol. The number of nitrogens with zero attached hydrogens (tertiary/aromatic N) is 1. The van der Waals surface area contributed by atoms with Crippen LogP contribution in [-0.4, -0.2) is 37.1 Å². The van der Waals surface area contributed by atoms with E-state index in [2.05, 4.69) is 10.6 Å². The first kappa shape index (κ1) is 17.6. The Kier molecular flexibility index (Phi) is 4.80. The van der Waals surface area contributed by atoms with Crippen molar-refractivity contribution in [3.05, 3.63) is 28.8 Å². The Morgan fingerprint density at radius 3 is 2.65 bits per heavy atom. The van der Waals surface area contributed by atoms with Crippen LogP contribution in [0.15, 0.2) is 18.2 Å². The van der Waals surface area contributed by atoms with Crippen molar-refractivity contribution < 1.29 is 9.59 Å². The van der Waals surface area contributed by atoms with Gasteiger partial charge in [0.25, 0.3) is 5.91 Å². The standard InChI is InChI=1S/C19H25ClN4O2/c20-15-5-4-13(10-16(15)24-7-6-22-19(24)26)18(25)23-17-11-2-1-3-12(17)9-14(21)8-11/h4-5,10-12,14,17H,1-3,6-9,21H2,(H,22,26)(H,23,25). The lowest BCUT2D eigenvalue weighted by Gasteiger charge is -2.45. The largest absolute Gasteiger partial charge is 0.349 e. The predicted octanol–water partition coefficient (Wildman–Crippen LogP) is 2.51. The van der Waals surface area contributed by atoms with Crippen molar-refractivity contribution >= 4 is 29.2 Å². The van der Waals surface area contributed by atoms with Crippen LogP contribution in [-0.2, 0) is 0 Å². The minimum absolute atomic E-state index is 0.0973. The minimum atomic E-state index is -0.180. The topological polar surface area (TPSA) is 87.5 Å². The molecule has 4 N–H and O–H groups in total. The molecule has 7 heteroatoms. The van der Waals surface area contributed by atoms with Gasteiger partial charge in [-0.3, -0.25) is 9.69 Å². The summed E-state index contributed by atoms with van der Waals surface area (Å²) in [6, 6.07) is 5.40. The molecule has 26 heavy (non-hydrogen) atoms. The van der Waals surface area contributed by atoms with Gasteiger partial charge in [-0.05, 0) is 55.7 Å². The van der Waals surface area contributed by atoms with Crippen LogP contribution in [0.3, 0.4) is 0 Å². The van der Waals surface area contributed by atoms with Gasteiger partial charge in [-0.2, -0.15) is 0 Å². The normalized spacial score (nSPS) is 30.8. The molecule has 2 unspecified atom stereocenters. The highest BCUT2D eigenvalue weighted by molar-refractivity contribution is 6.34. The van der Waals surface area contributed by atoms with Crippen LogP contribution in [0, 0.1) is 11.8 Å². The van der Waals surface area contributed by atoms with Gasteiger partial charge in [0.05, 0.1) is 10.7 Å². The molecule has 3 amide bonds. The lowest BCUT2D eigenvalue weighted by molar-refractivity contribution is 0.0756. The SMILES string of the molecule is NC1CC2CCCC(C1)C2NC(=O)c1ccc(Cl)c(N2CCNC2=O)c1. The van der Waals surface area contributed by atoms with Gasteiger partial charge in [0.2, 0.25) is 0 Å². The molecule has 1 aromatic carbocycles. The van der Waals surface area contributed by atoms with Gasteiger partial charge in [0.1, 0.15) is 0 Å². The lowest BCUT2D eigenvalue weighted by atomic mass is 9.67. The Morgan fingerprint density at radius 2 is 2.00 bits per heavy atom. The quantitative estimate of drug-likeness (QED) is 0.757. The summed E-state index contributed by atoms with van der Waals surface area (Å²) >= 11 is 6.26. The number of hydrogen-bond donors (Lipinski definition) is 3. The maximum Gasteiger partial charge on any atom is 0.322 e. The molecule has 0 spiro atoms. The number of fused-ring (bicyclic) bond motifs is 2. The summed E-state index contributed by atoms with van der Waals surface area (Å²) in [7, 11) is 0. The van der Waals surface area contributed by atoms with Gasteiger partial charge in [-0.1, -0.05) is 18.0 Å². The summed E-state index contributed by atoms with van der Waals surface area (Å²) < 4.78 is 0. The Labute approximate surface area is 158 Å². The number of carbonyl (C=O) groups excluding carboxylic acids is 2. The number of nitrogens with one attached hydrogen (secondary N) is 2. The van der Waals surface area contributed by atoms with Crippen LogP contribution in [0.5, 0.6) is 0 Å². The lowest BCUT2D eigenvalue weighted by Crippen LogP contribution is -2.53. The van der Waals surface area contributed by atoms with Crippen molar-refractivity contribution in [2.75, 3.05) is 18.0 Å². The first-order valence-electron chi connectivity index (χ1n) is 9.44. The highest BCUT2D eigenvalue weighted by Gasteiger charge is 2.40. The van der Waals surface area contributed by atoms with E-state index >= 15 is 0 Å². The number of benzene rings is 1. The van der Waals surface area contributed by atoms with E-state index in [-0.39, 0.29) is 24.0 Å². The van der Waals surface area contributed by atoms with Crippen molar-refractivity contribution in [1.82, 2.24) is 10.6 Å². The number of carbonyl (C=O) groups is 2. The number of rotatable bonds is 3. The second-order valence-corrected chi connectivity index (χ2v) is 8.14. The average molecular weight is 377 g/mol. The van der Waals surface area contributed by atoms with Gasteiger partial charge >= 0.3 is 6.03 Å². The average Bonchev–Trinajstić information content (AvgIpc) is 3.02. The molecule has 4 rings (SSSR count). The first-order chi connectivity index (χ1) is 12.5. The molecule has 0 radical (unpaired) electrons. The number of hydrogen-bond acceptors (Lipinski definition) is 3. The zero-order chi connectivity index (χ0) is 18.3. The van der Waals surface area contributed by atoms with Gasteiger partial charge in [-0.15, -0.1) is 0 Å². The smallest absolute Gasteiger partial charge is 0.322 e. The summed E-state index contributed by atoms with van der Waals surface area (Å²) in [6.45, 7) is 1.13. The summed E-state index contributed by atoms with van der Waals surface area (Å²) in [5.74, 6) is 0.843. The molecule has 1 saturated heterocycles. The van der Waals surface area contributed by atoms with E-state index in [0.29, 0.717) is 41.2 Å². The summed E-state index contributed by atoms with van der Waals surface area (Å²) in [6.07, 6.45) is 5.47. The zero-order valence-electron chi connectivity index (χ0n) is 14.7. The molecule has 140 valence electrons. The van der Waals surface area contributed by atoms with E-state index in [1.165, 1.54) is 6.42 Å². The van der Waals surface area contributed by atoms with Gasteiger partial charge in [0, 0.05) is 30.7 Å². The van der Waals surface area contributed by atoms with Crippen LogP contribution in [0.25, 0.3) is 0 Å². The fourth-order valence-electron chi connectivity index (χ4n) is 4.82. The Bertz CT molecular complexity index is 711. The highest BCUT2D eigenvalue weighted by Crippen LogP contribution is 2.40. The van der Waals surface area contributed by atoms with Gasteiger partial charge < -0.3 is 16.4 Å². The molecular formula is C19H25ClN4O2. The van der Waals surface area contributed by atoms with Gasteiger partial charge in [0.15, 0.2) is 0 Å². The van der Waals surface area contributed by atoms with Crippen molar-refractivity contribution in [1.29, 1.82) is 0 Å². The fourth-order valence-corrected chi connectivity index (χ4v) is 5.04. The summed E-state index contributed by atoms with van der Waals surface area (Å²) in [5, 5.41) is 6.48. The number of urea groups is 1. The molecular weight excluding hydrogens is 352 g/mol. The van der Waals surface area contributed by atoms with Gasteiger partial charge in [-0.25, -0.2) is 4.79 Å².